The van der Waals surface area contributed by atoms with Gasteiger partial charge in [-0.25, -0.2) is 0 Å². The van der Waals surface area contributed by atoms with E-state index in [1.165, 1.54) is 10.6 Å². The first-order valence-corrected chi connectivity index (χ1v) is 10.6. The van der Waals surface area contributed by atoms with Crippen molar-refractivity contribution < 1.29 is 4.79 Å². The van der Waals surface area contributed by atoms with Crippen LogP contribution in [0.25, 0.3) is 0 Å². The molecule has 0 N–H and O–H groups in total. The highest BCUT2D eigenvalue weighted by molar-refractivity contribution is 7.09. The number of carbonyl (C=O) groups is 1. The monoisotopic (exact) mass is 370 g/mol. The molecule has 8 heteroatoms. The van der Waals surface area contributed by atoms with Crippen LogP contribution in [0.15, 0.2) is 4.99 Å². The predicted octanol–water partition coefficient (Wildman–Crippen LogP) is 0.335. The maximum atomic E-state index is 12.9. The molecule has 0 unspecified atom stereocenters. The van der Waals surface area contributed by atoms with Crippen LogP contribution in [0.3, 0.4) is 0 Å². The maximum absolute atomic E-state index is 12.9. The van der Waals surface area contributed by atoms with Gasteiger partial charge in [-0.15, -0.1) is 11.3 Å². The number of hydrogen-bond acceptors (Lipinski definition) is 2. The Morgan fingerprint density at radius 2 is 1.62 bits per heavy atom. The second kappa shape index (κ2) is 6.46. The lowest BCUT2D eigenvalue weighted by Gasteiger charge is -2.32. The van der Waals surface area contributed by atoms with Gasteiger partial charge in [-0.1, -0.05) is 46.3 Å². The van der Waals surface area contributed by atoms with Crippen molar-refractivity contribution >= 4 is 48.6 Å². The minimum atomic E-state index is -0.0597. The summed E-state index contributed by atoms with van der Waals surface area (Å²) in [5.74, 6) is 0.0606. The molecule has 140 valence electrons. The SMILES string of the molecule is BC(B)(C)CCC(B)(B)n1c(C)c(C)s/c1=N\C(=O)C1C(C)(C)C1(C)C. The van der Waals surface area contributed by atoms with Gasteiger partial charge in [-0.3, -0.25) is 4.79 Å². The molecule has 1 amide bonds. The topological polar surface area (TPSA) is 34.4 Å². The molecule has 1 aliphatic rings. The van der Waals surface area contributed by atoms with E-state index in [4.69, 9.17) is 0 Å². The lowest BCUT2D eigenvalue weighted by molar-refractivity contribution is -0.120. The Labute approximate surface area is 167 Å². The Morgan fingerprint density at radius 3 is 2.04 bits per heavy atom. The largest absolute Gasteiger partial charge is 0.331 e. The van der Waals surface area contributed by atoms with Crippen LogP contribution in [0.4, 0.5) is 0 Å². The van der Waals surface area contributed by atoms with E-state index in [2.05, 4.69) is 89.4 Å². The maximum Gasteiger partial charge on any atom is 0.252 e. The van der Waals surface area contributed by atoms with E-state index in [0.29, 0.717) is 5.21 Å². The predicted molar refractivity (Wildman–Crippen MR) is 123 cm³/mol. The summed E-state index contributed by atoms with van der Waals surface area (Å²) in [7, 11) is 9.11. The molecule has 0 aliphatic heterocycles. The molecule has 1 heterocycles. The van der Waals surface area contributed by atoms with Gasteiger partial charge in [0.2, 0.25) is 0 Å². The van der Waals surface area contributed by atoms with Crippen LogP contribution in [-0.2, 0) is 10.1 Å². The number of aromatic nitrogens is 1. The second-order valence-corrected chi connectivity index (χ2v) is 12.2. The molecule has 2 rings (SSSR count). The van der Waals surface area contributed by atoms with Crippen molar-refractivity contribution in [1.29, 1.82) is 0 Å². The summed E-state index contributed by atoms with van der Waals surface area (Å²) < 4.78 is 2.30. The van der Waals surface area contributed by atoms with Gasteiger partial charge in [0, 0.05) is 10.6 Å². The Kier molecular flexibility index (Phi) is 5.38. The fraction of sp³-hybridized carbons (Fsp3) is 0.778. The first-order chi connectivity index (χ1) is 11.5. The zero-order chi connectivity index (χ0) is 20.3. The standard InChI is InChI=1S/C18H34B4N2OS/c1-10-11(2)26-14(23-13(25)12-15(3,4)16(12,5)6)24(10)18(21,22)9-8-17(7,19)20/h12H,8-9,19-22H2,1-7H3/b23-14-. The molecule has 0 aromatic carbocycles. The van der Waals surface area contributed by atoms with Crippen LogP contribution in [0.2, 0.25) is 5.21 Å². The minimum absolute atomic E-state index is 0.0175. The molecule has 1 aliphatic carbocycles. The number of carbonyl (C=O) groups excluding carboxylic acids is 1. The summed E-state index contributed by atoms with van der Waals surface area (Å²) in [6.45, 7) is 15.3. The van der Waals surface area contributed by atoms with Crippen molar-refractivity contribution in [3.05, 3.63) is 15.4 Å². The van der Waals surface area contributed by atoms with Crippen LogP contribution < -0.4 is 4.80 Å². The fourth-order valence-corrected chi connectivity index (χ4v) is 5.23. The molecule has 26 heavy (non-hydrogen) atoms. The summed E-state index contributed by atoms with van der Waals surface area (Å²) in [5, 5.41) is 0.238. The molecule has 0 saturated heterocycles. The quantitative estimate of drug-likeness (QED) is 0.689. The minimum Gasteiger partial charge on any atom is -0.331 e. The van der Waals surface area contributed by atoms with Gasteiger partial charge in [0.25, 0.3) is 5.91 Å². The van der Waals surface area contributed by atoms with Crippen LogP contribution in [0.1, 0.15) is 58.0 Å². The molecule has 0 bridgehead atoms. The van der Waals surface area contributed by atoms with Gasteiger partial charge in [0.1, 0.15) is 15.7 Å². The normalized spacial score (nSPS) is 20.3. The van der Waals surface area contributed by atoms with Gasteiger partial charge in [-0.05, 0) is 36.4 Å². The fourth-order valence-electron chi connectivity index (χ4n) is 4.11. The van der Waals surface area contributed by atoms with Gasteiger partial charge in [0.15, 0.2) is 4.80 Å². The summed E-state index contributed by atoms with van der Waals surface area (Å²) >= 11 is 1.65. The Balaban J connectivity index is 2.43. The van der Waals surface area contributed by atoms with Crippen molar-refractivity contribution in [2.45, 2.75) is 71.9 Å². The second-order valence-electron chi connectivity index (χ2n) is 11.1. The molecule has 0 radical (unpaired) electrons. The third-order valence-corrected chi connectivity index (χ3v) is 7.90. The first-order valence-electron chi connectivity index (χ1n) is 9.80. The molecular weight excluding hydrogens is 336 g/mol. The zero-order valence-electron chi connectivity index (χ0n) is 18.7. The summed E-state index contributed by atoms with van der Waals surface area (Å²) in [5.41, 5.74) is 1.29. The van der Waals surface area contributed by atoms with Crippen molar-refractivity contribution in [2.24, 2.45) is 21.7 Å². The van der Waals surface area contributed by atoms with E-state index in [-0.39, 0.29) is 28.0 Å². The molecule has 1 fully saturated rings. The summed E-state index contributed by atoms with van der Waals surface area (Å²) in [6.07, 6.45) is 2.20. The Morgan fingerprint density at radius 1 is 1.12 bits per heavy atom. The van der Waals surface area contributed by atoms with Crippen LogP contribution >= 0.6 is 11.3 Å². The van der Waals surface area contributed by atoms with Gasteiger partial charge >= 0.3 is 0 Å². The molecule has 0 atom stereocenters. The van der Waals surface area contributed by atoms with Crippen molar-refractivity contribution in [3.63, 3.8) is 0 Å². The number of nitrogens with zero attached hydrogens (tertiary/aromatic N) is 2. The van der Waals surface area contributed by atoms with Crippen LogP contribution in [0.5, 0.6) is 0 Å². The summed E-state index contributed by atoms with van der Waals surface area (Å²) in [6, 6.07) is 0. The molecule has 1 aromatic heterocycles. The lowest BCUT2D eigenvalue weighted by Crippen LogP contribution is -2.42. The highest BCUT2D eigenvalue weighted by Crippen LogP contribution is 2.68. The number of aryl methyl sites for hydroxylation is 1. The van der Waals surface area contributed by atoms with E-state index in [0.717, 1.165) is 17.6 Å². The van der Waals surface area contributed by atoms with E-state index < -0.39 is 0 Å². The molecule has 1 aromatic rings. The van der Waals surface area contributed by atoms with E-state index in [9.17, 15) is 4.79 Å². The number of thiazole rings is 1. The highest BCUT2D eigenvalue weighted by atomic mass is 32.1. The average molecular weight is 370 g/mol. The van der Waals surface area contributed by atoms with Crippen LogP contribution in [0, 0.1) is 30.6 Å². The van der Waals surface area contributed by atoms with E-state index in [1.807, 2.05) is 0 Å². The molecule has 0 spiro atoms. The number of amides is 1. The van der Waals surface area contributed by atoms with Gasteiger partial charge in [-0.2, -0.15) is 4.99 Å². The van der Waals surface area contributed by atoms with Gasteiger partial charge < -0.3 is 4.57 Å². The number of hydrogen-bond donors (Lipinski definition) is 0. The Hall–Kier alpha value is -0.640. The lowest BCUT2D eigenvalue weighted by atomic mass is 9.50. The van der Waals surface area contributed by atoms with Crippen molar-refractivity contribution in [2.75, 3.05) is 0 Å². The smallest absolute Gasteiger partial charge is 0.252 e. The van der Waals surface area contributed by atoms with E-state index in [1.54, 1.807) is 11.3 Å². The average Bonchev–Trinajstić information content (AvgIpc) is 2.66. The van der Waals surface area contributed by atoms with Gasteiger partial charge in [0.05, 0.1) is 21.6 Å². The highest BCUT2D eigenvalue weighted by Gasteiger charge is 2.68. The zero-order valence-corrected chi connectivity index (χ0v) is 19.5. The molecular formula is C18H34B4N2OS. The van der Waals surface area contributed by atoms with E-state index >= 15 is 0 Å². The third kappa shape index (κ3) is 3.81. The molecule has 1 saturated carbocycles. The third-order valence-electron chi connectivity index (χ3n) is 6.85. The first kappa shape index (κ1) is 21.7. The molecule has 3 nitrogen and oxygen atoms in total. The van der Waals surface area contributed by atoms with Crippen LogP contribution in [-0.4, -0.2) is 41.9 Å². The van der Waals surface area contributed by atoms with Crippen molar-refractivity contribution in [1.82, 2.24) is 4.57 Å². The van der Waals surface area contributed by atoms with Crippen molar-refractivity contribution in [3.8, 4) is 0 Å². The Bertz CT molecular complexity index is 770. The number of rotatable bonds is 5. The summed E-state index contributed by atoms with van der Waals surface area (Å²) in [4.78, 5) is 19.7.